The van der Waals surface area contributed by atoms with Crippen molar-refractivity contribution in [2.24, 2.45) is 0 Å². The number of benzene rings is 2. The number of carbonyl (C=O) groups excluding carboxylic acids is 2. The number of methoxy groups -OCH3 is 1. The standard InChI is InChI=1S/C15H9Cl2F2NO3/c1-23-15(22)9-4-7(2-3-10(9)16)20-14(21)8-5-12(18)13(19)6-11(8)17/h2-6H,1H3,(H,20,21). The van der Waals surface area contributed by atoms with Crippen molar-refractivity contribution < 1.29 is 23.1 Å². The highest BCUT2D eigenvalue weighted by atomic mass is 35.5. The van der Waals surface area contributed by atoms with E-state index >= 15 is 0 Å². The molecule has 0 heterocycles. The van der Waals surface area contributed by atoms with E-state index in [2.05, 4.69) is 10.1 Å². The van der Waals surface area contributed by atoms with Crippen molar-refractivity contribution in [1.29, 1.82) is 0 Å². The molecule has 0 aliphatic carbocycles. The predicted molar refractivity (Wildman–Crippen MR) is 82.1 cm³/mol. The van der Waals surface area contributed by atoms with Gasteiger partial charge in [-0.3, -0.25) is 4.79 Å². The predicted octanol–water partition coefficient (Wildman–Crippen LogP) is 4.31. The summed E-state index contributed by atoms with van der Waals surface area (Å²) in [5.74, 6) is -3.82. The van der Waals surface area contributed by atoms with Gasteiger partial charge in [-0.1, -0.05) is 23.2 Å². The molecule has 1 N–H and O–H groups in total. The van der Waals surface area contributed by atoms with Crippen molar-refractivity contribution >= 4 is 40.8 Å². The van der Waals surface area contributed by atoms with E-state index in [1.54, 1.807) is 0 Å². The first-order valence-electron chi connectivity index (χ1n) is 6.17. The third-order valence-electron chi connectivity index (χ3n) is 2.88. The largest absolute Gasteiger partial charge is 0.465 e. The molecule has 0 aromatic heterocycles. The summed E-state index contributed by atoms with van der Waals surface area (Å²) in [6.45, 7) is 0. The number of amides is 1. The molecule has 0 radical (unpaired) electrons. The summed E-state index contributed by atoms with van der Waals surface area (Å²) in [6.07, 6.45) is 0. The van der Waals surface area contributed by atoms with Crippen LogP contribution in [0.4, 0.5) is 14.5 Å². The molecule has 2 rings (SSSR count). The van der Waals surface area contributed by atoms with Gasteiger partial charge in [-0.25, -0.2) is 13.6 Å². The second-order valence-electron chi connectivity index (χ2n) is 4.39. The molecule has 0 atom stereocenters. The van der Waals surface area contributed by atoms with Gasteiger partial charge in [-0.05, 0) is 30.3 Å². The quantitative estimate of drug-likeness (QED) is 0.656. The Balaban J connectivity index is 2.31. The van der Waals surface area contributed by atoms with Crippen LogP contribution in [0.5, 0.6) is 0 Å². The Morgan fingerprint density at radius 2 is 1.65 bits per heavy atom. The van der Waals surface area contributed by atoms with Gasteiger partial charge in [0, 0.05) is 5.69 Å². The maximum absolute atomic E-state index is 13.2. The lowest BCUT2D eigenvalue weighted by Gasteiger charge is -2.09. The highest BCUT2D eigenvalue weighted by molar-refractivity contribution is 6.35. The Kier molecular flexibility index (Phi) is 5.18. The zero-order valence-corrected chi connectivity index (χ0v) is 13.1. The highest BCUT2D eigenvalue weighted by Gasteiger charge is 2.17. The second kappa shape index (κ2) is 6.93. The fourth-order valence-electron chi connectivity index (χ4n) is 1.76. The molecule has 0 aliphatic rings. The smallest absolute Gasteiger partial charge is 0.339 e. The molecule has 0 spiro atoms. The van der Waals surface area contributed by atoms with E-state index in [1.165, 1.54) is 25.3 Å². The van der Waals surface area contributed by atoms with Crippen LogP contribution >= 0.6 is 23.2 Å². The Morgan fingerprint density at radius 1 is 1.00 bits per heavy atom. The minimum atomic E-state index is -1.20. The summed E-state index contributed by atoms with van der Waals surface area (Å²) in [6, 6.07) is 5.49. The van der Waals surface area contributed by atoms with Crippen LogP contribution < -0.4 is 5.32 Å². The van der Waals surface area contributed by atoms with Gasteiger partial charge in [0.1, 0.15) is 0 Å². The molecule has 23 heavy (non-hydrogen) atoms. The minimum absolute atomic E-state index is 0.0448. The summed E-state index contributed by atoms with van der Waals surface area (Å²) < 4.78 is 30.8. The van der Waals surface area contributed by atoms with Gasteiger partial charge in [0.25, 0.3) is 5.91 Å². The third kappa shape index (κ3) is 3.78. The van der Waals surface area contributed by atoms with E-state index in [4.69, 9.17) is 23.2 Å². The van der Waals surface area contributed by atoms with Gasteiger partial charge in [0.15, 0.2) is 11.6 Å². The number of halogens is 4. The van der Waals surface area contributed by atoms with Gasteiger partial charge in [0.2, 0.25) is 0 Å². The van der Waals surface area contributed by atoms with Crippen molar-refractivity contribution in [3.8, 4) is 0 Å². The van der Waals surface area contributed by atoms with Crippen LogP contribution in [0.3, 0.4) is 0 Å². The molecule has 2 aromatic rings. The molecular weight excluding hydrogens is 351 g/mol. The Labute approximate surface area is 140 Å². The normalized spacial score (nSPS) is 10.3. The van der Waals surface area contributed by atoms with Crippen LogP contribution in [0.25, 0.3) is 0 Å². The van der Waals surface area contributed by atoms with Crippen molar-refractivity contribution in [3.05, 3.63) is 63.1 Å². The van der Waals surface area contributed by atoms with E-state index in [0.29, 0.717) is 12.1 Å². The fourth-order valence-corrected chi connectivity index (χ4v) is 2.20. The van der Waals surface area contributed by atoms with Gasteiger partial charge in [0.05, 0.1) is 28.3 Å². The number of nitrogens with one attached hydrogen (secondary N) is 1. The molecule has 1 amide bonds. The number of ether oxygens (including phenoxy) is 1. The van der Waals surface area contributed by atoms with Crippen LogP contribution in [0.1, 0.15) is 20.7 Å². The number of carbonyl (C=O) groups is 2. The van der Waals surface area contributed by atoms with E-state index in [0.717, 1.165) is 0 Å². The molecule has 0 saturated carbocycles. The lowest BCUT2D eigenvalue weighted by molar-refractivity contribution is 0.0600. The van der Waals surface area contributed by atoms with Crippen molar-refractivity contribution in [1.82, 2.24) is 0 Å². The van der Waals surface area contributed by atoms with Crippen LogP contribution in [0.15, 0.2) is 30.3 Å². The number of hydrogen-bond donors (Lipinski definition) is 1. The van der Waals surface area contributed by atoms with Crippen LogP contribution in [-0.4, -0.2) is 19.0 Å². The average molecular weight is 360 g/mol. The first-order valence-corrected chi connectivity index (χ1v) is 6.93. The molecule has 0 fully saturated rings. The first kappa shape index (κ1) is 17.2. The molecule has 8 heteroatoms. The first-order chi connectivity index (χ1) is 10.8. The van der Waals surface area contributed by atoms with Gasteiger partial charge >= 0.3 is 5.97 Å². The number of hydrogen-bond acceptors (Lipinski definition) is 3. The molecule has 0 bridgehead atoms. The molecule has 2 aromatic carbocycles. The molecule has 0 saturated heterocycles. The van der Waals surface area contributed by atoms with E-state index in [1.807, 2.05) is 0 Å². The maximum atomic E-state index is 13.2. The lowest BCUT2D eigenvalue weighted by atomic mass is 10.1. The Morgan fingerprint density at radius 3 is 2.30 bits per heavy atom. The zero-order valence-electron chi connectivity index (χ0n) is 11.6. The van der Waals surface area contributed by atoms with Crippen LogP contribution in [0, 0.1) is 11.6 Å². The van der Waals surface area contributed by atoms with E-state index < -0.39 is 23.5 Å². The Bertz CT molecular complexity index is 797. The number of esters is 1. The fraction of sp³-hybridized carbons (Fsp3) is 0.0667. The third-order valence-corrected chi connectivity index (χ3v) is 3.53. The minimum Gasteiger partial charge on any atom is -0.465 e. The van der Waals surface area contributed by atoms with Crippen LogP contribution in [-0.2, 0) is 4.74 Å². The van der Waals surface area contributed by atoms with Gasteiger partial charge in [-0.2, -0.15) is 0 Å². The van der Waals surface area contributed by atoms with Crippen molar-refractivity contribution in [2.75, 3.05) is 12.4 Å². The summed E-state index contributed by atoms with van der Waals surface area (Å²) in [7, 11) is 1.19. The summed E-state index contributed by atoms with van der Waals surface area (Å²) in [5.41, 5.74) is 0.00378. The van der Waals surface area contributed by atoms with Gasteiger partial charge < -0.3 is 10.1 Å². The summed E-state index contributed by atoms with van der Waals surface area (Å²) in [5, 5.41) is 2.31. The second-order valence-corrected chi connectivity index (χ2v) is 5.20. The van der Waals surface area contributed by atoms with Crippen LogP contribution in [0.2, 0.25) is 10.0 Å². The molecule has 4 nitrogen and oxygen atoms in total. The topological polar surface area (TPSA) is 55.4 Å². The average Bonchev–Trinajstić information content (AvgIpc) is 2.51. The van der Waals surface area contributed by atoms with E-state index in [9.17, 15) is 18.4 Å². The van der Waals surface area contributed by atoms with Gasteiger partial charge in [-0.15, -0.1) is 0 Å². The van der Waals surface area contributed by atoms with Crippen molar-refractivity contribution in [3.63, 3.8) is 0 Å². The SMILES string of the molecule is COC(=O)c1cc(NC(=O)c2cc(F)c(F)cc2Cl)ccc1Cl. The molecule has 0 aliphatic heterocycles. The van der Waals surface area contributed by atoms with Crippen molar-refractivity contribution in [2.45, 2.75) is 0 Å². The summed E-state index contributed by atoms with van der Waals surface area (Å²) >= 11 is 11.6. The van der Waals surface area contributed by atoms with E-state index in [-0.39, 0.29) is 26.9 Å². The lowest BCUT2D eigenvalue weighted by Crippen LogP contribution is -2.14. The maximum Gasteiger partial charge on any atom is 0.339 e. The number of anilines is 1. The molecular formula is C15H9Cl2F2NO3. The highest BCUT2D eigenvalue weighted by Crippen LogP contribution is 2.24. The Hall–Kier alpha value is -2.18. The number of rotatable bonds is 3. The summed E-state index contributed by atoms with van der Waals surface area (Å²) in [4.78, 5) is 23.6. The molecule has 120 valence electrons. The monoisotopic (exact) mass is 359 g/mol. The molecule has 0 unspecified atom stereocenters. The zero-order chi connectivity index (χ0) is 17.1.